The lowest BCUT2D eigenvalue weighted by Crippen LogP contribution is -2.42. The van der Waals surface area contributed by atoms with Gasteiger partial charge in [-0.15, -0.1) is 0 Å². The molecule has 4 rings (SSSR count). The molecular formula is C21H23NO5. The molecule has 1 aromatic rings. The van der Waals surface area contributed by atoms with Crippen molar-refractivity contribution in [3.63, 3.8) is 0 Å². The van der Waals surface area contributed by atoms with Crippen molar-refractivity contribution in [1.82, 2.24) is 4.90 Å². The highest BCUT2D eigenvalue weighted by Gasteiger charge is 2.40. The molecule has 3 aliphatic rings. The number of hydrogen-bond donors (Lipinski definition) is 0. The van der Waals surface area contributed by atoms with Gasteiger partial charge in [0.25, 0.3) is 0 Å². The van der Waals surface area contributed by atoms with E-state index < -0.39 is 18.1 Å². The van der Waals surface area contributed by atoms with Crippen LogP contribution < -0.4 is 0 Å². The first-order chi connectivity index (χ1) is 13.2. The molecule has 1 heterocycles. The number of rotatable bonds is 5. The summed E-state index contributed by atoms with van der Waals surface area (Å²) in [5, 5.41) is 0. The second-order valence-electron chi connectivity index (χ2n) is 6.83. The van der Waals surface area contributed by atoms with Gasteiger partial charge in [-0.05, 0) is 36.5 Å². The zero-order valence-corrected chi connectivity index (χ0v) is 15.3. The number of cyclic esters (lactones) is 1. The molecule has 1 unspecified atom stereocenters. The maximum absolute atomic E-state index is 12.6. The summed E-state index contributed by atoms with van der Waals surface area (Å²) in [4.78, 5) is 25.7. The Kier molecular flexibility index (Phi) is 4.99. The Balaban J connectivity index is 1.47. The molecule has 1 fully saturated rings. The summed E-state index contributed by atoms with van der Waals surface area (Å²) in [5.74, 6) is -0.385. The minimum Gasteiger partial charge on any atom is -0.448 e. The minimum atomic E-state index is -0.735. The van der Waals surface area contributed by atoms with Gasteiger partial charge in [-0.3, -0.25) is 4.90 Å². The van der Waals surface area contributed by atoms with Crippen molar-refractivity contribution in [3.05, 3.63) is 53.1 Å². The van der Waals surface area contributed by atoms with Crippen molar-refractivity contribution in [2.24, 2.45) is 0 Å². The molecule has 1 amide bonds. The van der Waals surface area contributed by atoms with Crippen molar-refractivity contribution in [1.29, 1.82) is 0 Å². The van der Waals surface area contributed by atoms with Crippen LogP contribution in [-0.2, 0) is 19.0 Å². The number of hydrogen-bond acceptors (Lipinski definition) is 5. The molecule has 2 aliphatic carbocycles. The van der Waals surface area contributed by atoms with Gasteiger partial charge in [0.1, 0.15) is 6.61 Å². The van der Waals surface area contributed by atoms with Gasteiger partial charge < -0.3 is 14.2 Å². The third-order valence-corrected chi connectivity index (χ3v) is 5.34. The normalized spacial score (nSPS) is 23.3. The van der Waals surface area contributed by atoms with Gasteiger partial charge in [0.05, 0.1) is 6.61 Å². The molecule has 27 heavy (non-hydrogen) atoms. The smallest absolute Gasteiger partial charge is 0.413 e. The third-order valence-electron chi connectivity index (χ3n) is 5.34. The van der Waals surface area contributed by atoms with E-state index in [0.717, 1.165) is 12.8 Å². The van der Waals surface area contributed by atoms with Crippen LogP contribution in [0.4, 0.5) is 4.79 Å². The zero-order chi connectivity index (χ0) is 18.8. The number of ether oxygens (including phenoxy) is 3. The molecule has 142 valence electrons. The first-order valence-electron chi connectivity index (χ1n) is 9.37. The highest BCUT2D eigenvalue weighted by atomic mass is 16.6. The van der Waals surface area contributed by atoms with Crippen LogP contribution >= 0.6 is 0 Å². The summed E-state index contributed by atoms with van der Waals surface area (Å²) in [6, 6.07) is 7.53. The lowest BCUT2D eigenvalue weighted by Gasteiger charge is -2.22. The molecule has 6 nitrogen and oxygen atoms in total. The fourth-order valence-electron chi connectivity index (χ4n) is 3.98. The van der Waals surface area contributed by atoms with Crippen molar-refractivity contribution < 1.29 is 23.8 Å². The maximum Gasteiger partial charge on any atom is 0.413 e. The van der Waals surface area contributed by atoms with Gasteiger partial charge in [-0.25, -0.2) is 9.59 Å². The van der Waals surface area contributed by atoms with Crippen LogP contribution in [0, 0.1) is 0 Å². The van der Waals surface area contributed by atoms with Gasteiger partial charge in [0, 0.05) is 12.5 Å². The van der Waals surface area contributed by atoms with Crippen LogP contribution in [0.15, 0.2) is 42.0 Å². The topological polar surface area (TPSA) is 65.1 Å². The van der Waals surface area contributed by atoms with E-state index in [2.05, 4.69) is 24.3 Å². The van der Waals surface area contributed by atoms with Gasteiger partial charge >= 0.3 is 12.1 Å². The summed E-state index contributed by atoms with van der Waals surface area (Å²) in [7, 11) is 0. The van der Waals surface area contributed by atoms with Gasteiger partial charge in [-0.1, -0.05) is 42.0 Å². The van der Waals surface area contributed by atoms with E-state index in [1.165, 1.54) is 27.2 Å². The zero-order valence-electron chi connectivity index (χ0n) is 15.3. The first kappa shape index (κ1) is 17.8. The molecule has 1 saturated heterocycles. The summed E-state index contributed by atoms with van der Waals surface area (Å²) < 4.78 is 15.9. The van der Waals surface area contributed by atoms with Crippen molar-refractivity contribution in [3.8, 4) is 0 Å². The molecule has 0 saturated carbocycles. The molecule has 1 aromatic carbocycles. The molecule has 2 atom stereocenters. The standard InChI is InChI=1S/C21H23NO5/c1-2-25-12-19-20(23)27-13-22(19)21(24)26-11-18-16-9-5-3-7-14(16)15-8-4-6-10-17(15)18/h3-5,7-9,18-19H,2,6,10-13H2,1H3/t18?,19-/m0/s1. The fraction of sp³-hybridized carbons (Fsp3) is 0.429. The summed E-state index contributed by atoms with van der Waals surface area (Å²) >= 11 is 0. The summed E-state index contributed by atoms with van der Waals surface area (Å²) in [6.45, 7) is 2.60. The van der Waals surface area contributed by atoms with E-state index in [9.17, 15) is 9.59 Å². The second kappa shape index (κ2) is 7.56. The third kappa shape index (κ3) is 3.25. The number of benzene rings is 1. The Morgan fingerprint density at radius 2 is 2.15 bits per heavy atom. The van der Waals surface area contributed by atoms with Crippen LogP contribution in [0.2, 0.25) is 0 Å². The Bertz CT molecular complexity index is 813. The first-order valence-corrected chi connectivity index (χ1v) is 9.37. The SMILES string of the molecule is CCOC[C@H]1C(=O)OCN1C(=O)OCC1C2=C(C=CCC2)c2ccccc21. The van der Waals surface area contributed by atoms with E-state index in [0.29, 0.717) is 6.61 Å². The average molecular weight is 369 g/mol. The highest BCUT2D eigenvalue weighted by Crippen LogP contribution is 2.46. The van der Waals surface area contributed by atoms with E-state index >= 15 is 0 Å². The van der Waals surface area contributed by atoms with Crippen LogP contribution in [0.5, 0.6) is 0 Å². The van der Waals surface area contributed by atoms with Crippen molar-refractivity contribution in [2.75, 3.05) is 26.6 Å². The molecule has 0 aromatic heterocycles. The second-order valence-corrected chi connectivity index (χ2v) is 6.83. The Morgan fingerprint density at radius 1 is 1.30 bits per heavy atom. The number of esters is 1. The van der Waals surface area contributed by atoms with Crippen LogP contribution in [-0.4, -0.2) is 49.6 Å². The van der Waals surface area contributed by atoms with Crippen molar-refractivity contribution >= 4 is 17.6 Å². The Labute approximate surface area is 158 Å². The molecule has 0 bridgehead atoms. The predicted molar refractivity (Wildman–Crippen MR) is 98.9 cm³/mol. The molecule has 1 aliphatic heterocycles. The predicted octanol–water partition coefficient (Wildman–Crippen LogP) is 3.25. The fourth-order valence-corrected chi connectivity index (χ4v) is 3.98. The highest BCUT2D eigenvalue weighted by molar-refractivity contribution is 5.86. The molecular weight excluding hydrogens is 346 g/mol. The number of amides is 1. The maximum atomic E-state index is 12.6. The van der Waals surface area contributed by atoms with Crippen molar-refractivity contribution in [2.45, 2.75) is 31.7 Å². The summed E-state index contributed by atoms with van der Waals surface area (Å²) in [6.07, 6.45) is 5.80. The van der Waals surface area contributed by atoms with E-state index in [4.69, 9.17) is 14.2 Å². The quantitative estimate of drug-likeness (QED) is 0.746. The monoisotopic (exact) mass is 369 g/mol. The van der Waals surface area contributed by atoms with E-state index in [1.54, 1.807) is 0 Å². The van der Waals surface area contributed by atoms with Crippen LogP contribution in [0.25, 0.3) is 5.57 Å². The number of allylic oxidation sites excluding steroid dienone is 3. The number of nitrogens with zero attached hydrogens (tertiary/aromatic N) is 1. The van der Waals surface area contributed by atoms with Crippen LogP contribution in [0.3, 0.4) is 0 Å². The van der Waals surface area contributed by atoms with Crippen LogP contribution in [0.1, 0.15) is 36.8 Å². The molecule has 0 radical (unpaired) electrons. The largest absolute Gasteiger partial charge is 0.448 e. The average Bonchev–Trinajstić information content (AvgIpc) is 3.22. The Hall–Kier alpha value is -2.60. The summed E-state index contributed by atoms with van der Waals surface area (Å²) in [5.41, 5.74) is 5.00. The molecule has 6 heteroatoms. The lowest BCUT2D eigenvalue weighted by molar-refractivity contribution is -0.140. The lowest BCUT2D eigenvalue weighted by atomic mass is 9.91. The van der Waals surface area contributed by atoms with E-state index in [1.807, 2.05) is 19.1 Å². The number of fused-ring (bicyclic) bond motifs is 2. The number of carbonyl (C=O) groups excluding carboxylic acids is 2. The number of carbonyl (C=O) groups is 2. The van der Waals surface area contributed by atoms with Gasteiger partial charge in [-0.2, -0.15) is 0 Å². The minimum absolute atomic E-state index is 0.0645. The molecule has 0 N–H and O–H groups in total. The molecule has 0 spiro atoms. The van der Waals surface area contributed by atoms with Gasteiger partial charge in [0.2, 0.25) is 0 Å². The van der Waals surface area contributed by atoms with E-state index in [-0.39, 0.29) is 25.9 Å². The Morgan fingerprint density at radius 3 is 3.00 bits per heavy atom. The van der Waals surface area contributed by atoms with Gasteiger partial charge in [0.15, 0.2) is 12.8 Å².